The molecule has 138 valence electrons. The minimum atomic E-state index is 0.100. The molecular weight excluding hydrogens is 390 g/mol. The summed E-state index contributed by atoms with van der Waals surface area (Å²) in [7, 11) is 3.26. The Hall–Kier alpha value is -1.84. The van der Waals surface area contributed by atoms with Gasteiger partial charge in [0.25, 0.3) is 5.19 Å². The Morgan fingerprint density at radius 2 is 1.92 bits per heavy atom. The monoisotopic (exact) mass is 409 g/mol. The molecule has 6 nitrogen and oxygen atoms in total. The molecule has 0 aliphatic carbocycles. The van der Waals surface area contributed by atoms with Gasteiger partial charge in [-0.1, -0.05) is 16.9 Å². The van der Waals surface area contributed by atoms with Gasteiger partial charge in [0.15, 0.2) is 15.8 Å². The smallest absolute Gasteiger partial charge is 0.295 e. The van der Waals surface area contributed by atoms with Crippen LogP contribution in [0.1, 0.15) is 19.5 Å². The highest BCUT2D eigenvalue weighted by Gasteiger charge is 2.12. The topological polar surface area (TPSA) is 66.4 Å². The standard InChI is InChI=1S/C17H19N3O3S3/c1-10(2)23-16-19-20-17(26-16)25-9-12-8-24-15(18-12)11-5-6-13(21-3)14(7-11)22-4/h5-8,10H,9H2,1-4H3. The molecule has 26 heavy (non-hydrogen) atoms. The Morgan fingerprint density at radius 1 is 1.12 bits per heavy atom. The van der Waals surface area contributed by atoms with Crippen LogP contribution in [0.2, 0.25) is 0 Å². The normalized spacial score (nSPS) is 11.0. The molecule has 2 aromatic heterocycles. The summed E-state index contributed by atoms with van der Waals surface area (Å²) < 4.78 is 17.1. The lowest BCUT2D eigenvalue weighted by molar-refractivity contribution is 0.239. The van der Waals surface area contributed by atoms with Crippen LogP contribution in [0.25, 0.3) is 10.6 Å². The van der Waals surface area contributed by atoms with Gasteiger partial charge >= 0.3 is 0 Å². The summed E-state index contributed by atoms with van der Waals surface area (Å²) in [5.41, 5.74) is 2.01. The van der Waals surface area contributed by atoms with Crippen molar-refractivity contribution in [1.82, 2.24) is 15.2 Å². The van der Waals surface area contributed by atoms with Crippen LogP contribution in [0, 0.1) is 0 Å². The first-order chi connectivity index (χ1) is 12.6. The maximum Gasteiger partial charge on any atom is 0.295 e. The number of aromatic nitrogens is 3. The summed E-state index contributed by atoms with van der Waals surface area (Å²) in [5, 5.41) is 11.8. The summed E-state index contributed by atoms with van der Waals surface area (Å²) in [5.74, 6) is 2.14. The zero-order chi connectivity index (χ0) is 18.5. The number of hydrogen-bond donors (Lipinski definition) is 0. The van der Waals surface area contributed by atoms with E-state index in [9.17, 15) is 0 Å². The van der Waals surface area contributed by atoms with Gasteiger partial charge in [-0.3, -0.25) is 0 Å². The van der Waals surface area contributed by atoms with E-state index in [2.05, 4.69) is 15.6 Å². The first kappa shape index (κ1) is 18.9. The van der Waals surface area contributed by atoms with Crippen molar-refractivity contribution < 1.29 is 14.2 Å². The van der Waals surface area contributed by atoms with Gasteiger partial charge in [-0.15, -0.1) is 16.4 Å². The van der Waals surface area contributed by atoms with Gasteiger partial charge < -0.3 is 14.2 Å². The Bertz CT molecular complexity index is 864. The van der Waals surface area contributed by atoms with E-state index in [1.807, 2.05) is 32.0 Å². The van der Waals surface area contributed by atoms with E-state index < -0.39 is 0 Å². The average Bonchev–Trinajstić information content (AvgIpc) is 3.28. The van der Waals surface area contributed by atoms with Crippen LogP contribution in [0.15, 0.2) is 27.9 Å². The van der Waals surface area contributed by atoms with E-state index in [1.54, 1.807) is 37.3 Å². The molecule has 0 aliphatic heterocycles. The molecule has 0 N–H and O–H groups in total. The third kappa shape index (κ3) is 4.66. The van der Waals surface area contributed by atoms with Crippen molar-refractivity contribution in [2.45, 2.75) is 30.0 Å². The van der Waals surface area contributed by atoms with Crippen molar-refractivity contribution in [3.63, 3.8) is 0 Å². The molecule has 0 saturated heterocycles. The molecule has 9 heteroatoms. The predicted octanol–water partition coefficient (Wildman–Crippen LogP) is 4.76. The van der Waals surface area contributed by atoms with Crippen molar-refractivity contribution in [3.8, 4) is 27.3 Å². The third-order valence-electron chi connectivity index (χ3n) is 3.25. The molecule has 0 fully saturated rings. The molecule has 2 heterocycles. The summed E-state index contributed by atoms with van der Waals surface area (Å²) in [4.78, 5) is 4.71. The molecule has 0 bridgehead atoms. The lowest BCUT2D eigenvalue weighted by Gasteiger charge is -2.08. The third-order valence-corrected chi connectivity index (χ3v) is 6.17. The fourth-order valence-corrected chi connectivity index (χ4v) is 4.74. The number of nitrogens with zero attached hydrogens (tertiary/aromatic N) is 3. The van der Waals surface area contributed by atoms with Crippen LogP contribution in [0.4, 0.5) is 0 Å². The Kier molecular flexibility index (Phi) is 6.33. The SMILES string of the molecule is COc1ccc(-c2nc(CSc3nnc(OC(C)C)s3)cs2)cc1OC. The molecule has 3 rings (SSSR count). The van der Waals surface area contributed by atoms with Gasteiger partial charge in [0.05, 0.1) is 26.0 Å². The first-order valence-electron chi connectivity index (χ1n) is 7.88. The molecule has 0 spiro atoms. The van der Waals surface area contributed by atoms with Crippen molar-refractivity contribution in [2.75, 3.05) is 14.2 Å². The summed E-state index contributed by atoms with van der Waals surface area (Å²) >= 11 is 4.67. The number of rotatable bonds is 8. The minimum absolute atomic E-state index is 0.100. The van der Waals surface area contributed by atoms with E-state index in [0.29, 0.717) is 16.7 Å². The van der Waals surface area contributed by atoms with Gasteiger partial charge in [0, 0.05) is 16.7 Å². The highest BCUT2D eigenvalue weighted by atomic mass is 32.2. The Labute approximate surface area is 164 Å². The predicted molar refractivity (Wildman–Crippen MR) is 106 cm³/mol. The first-order valence-corrected chi connectivity index (χ1v) is 10.6. The van der Waals surface area contributed by atoms with Crippen molar-refractivity contribution >= 4 is 34.4 Å². The van der Waals surface area contributed by atoms with E-state index >= 15 is 0 Å². The zero-order valence-electron chi connectivity index (χ0n) is 14.9. The van der Waals surface area contributed by atoms with E-state index in [-0.39, 0.29) is 6.10 Å². The molecule has 0 amide bonds. The van der Waals surface area contributed by atoms with E-state index in [1.165, 1.54) is 11.3 Å². The van der Waals surface area contributed by atoms with Crippen LogP contribution in [-0.2, 0) is 5.75 Å². The number of ether oxygens (including phenoxy) is 3. The number of methoxy groups -OCH3 is 2. The van der Waals surface area contributed by atoms with Gasteiger partial charge in [0.2, 0.25) is 0 Å². The number of thiazole rings is 1. The molecule has 3 aromatic rings. The number of thioether (sulfide) groups is 1. The summed E-state index contributed by atoms with van der Waals surface area (Å²) in [6, 6.07) is 5.81. The summed E-state index contributed by atoms with van der Waals surface area (Å²) in [6.07, 6.45) is 0.100. The molecule has 0 radical (unpaired) electrons. The van der Waals surface area contributed by atoms with Crippen LogP contribution < -0.4 is 14.2 Å². The van der Waals surface area contributed by atoms with Crippen molar-refractivity contribution in [3.05, 3.63) is 29.3 Å². The second-order valence-corrected chi connectivity index (χ2v) is 8.52. The largest absolute Gasteiger partial charge is 0.493 e. The maximum absolute atomic E-state index is 5.55. The quantitative estimate of drug-likeness (QED) is 0.497. The Morgan fingerprint density at radius 3 is 2.65 bits per heavy atom. The fourth-order valence-electron chi connectivity index (χ4n) is 2.12. The van der Waals surface area contributed by atoms with Gasteiger partial charge in [-0.25, -0.2) is 4.98 Å². The lowest BCUT2D eigenvalue weighted by Crippen LogP contribution is -2.04. The second-order valence-electron chi connectivity index (χ2n) is 5.50. The highest BCUT2D eigenvalue weighted by molar-refractivity contribution is 8.00. The molecule has 1 aromatic carbocycles. The van der Waals surface area contributed by atoms with Crippen LogP contribution in [0.5, 0.6) is 16.7 Å². The minimum Gasteiger partial charge on any atom is -0.493 e. The molecule has 0 unspecified atom stereocenters. The summed E-state index contributed by atoms with van der Waals surface area (Å²) in [6.45, 7) is 3.94. The highest BCUT2D eigenvalue weighted by Crippen LogP contribution is 2.35. The molecular formula is C17H19N3O3S3. The van der Waals surface area contributed by atoms with Crippen LogP contribution in [0.3, 0.4) is 0 Å². The van der Waals surface area contributed by atoms with Crippen LogP contribution in [-0.4, -0.2) is 35.5 Å². The van der Waals surface area contributed by atoms with Gasteiger partial charge in [-0.05, 0) is 43.4 Å². The maximum atomic E-state index is 5.55. The second kappa shape index (κ2) is 8.70. The van der Waals surface area contributed by atoms with Gasteiger partial charge in [-0.2, -0.15) is 0 Å². The zero-order valence-corrected chi connectivity index (χ0v) is 17.3. The Balaban J connectivity index is 1.65. The van der Waals surface area contributed by atoms with E-state index in [4.69, 9.17) is 19.2 Å². The fraction of sp³-hybridized carbons (Fsp3) is 0.353. The lowest BCUT2D eigenvalue weighted by atomic mass is 10.2. The van der Waals surface area contributed by atoms with Crippen LogP contribution >= 0.6 is 34.4 Å². The van der Waals surface area contributed by atoms with Gasteiger partial charge in [0.1, 0.15) is 5.01 Å². The van der Waals surface area contributed by atoms with E-state index in [0.717, 1.165) is 26.4 Å². The van der Waals surface area contributed by atoms with Crippen molar-refractivity contribution in [2.24, 2.45) is 0 Å². The average molecular weight is 410 g/mol. The molecule has 0 aliphatic rings. The molecule has 0 atom stereocenters. The number of benzene rings is 1. The molecule has 0 saturated carbocycles. The number of hydrogen-bond acceptors (Lipinski definition) is 9. The van der Waals surface area contributed by atoms with Crippen molar-refractivity contribution in [1.29, 1.82) is 0 Å².